The van der Waals surface area contributed by atoms with Gasteiger partial charge in [-0.15, -0.1) is 0 Å². The Kier molecular flexibility index (Phi) is 4.94. The minimum atomic E-state index is -1.04. The fourth-order valence-electron chi connectivity index (χ4n) is 2.72. The molecule has 0 radical (unpaired) electrons. The first kappa shape index (κ1) is 17.2. The molecule has 26 heavy (non-hydrogen) atoms. The van der Waals surface area contributed by atoms with Gasteiger partial charge in [0.25, 0.3) is 5.69 Å². The van der Waals surface area contributed by atoms with Gasteiger partial charge in [-0.1, -0.05) is 48.5 Å². The van der Waals surface area contributed by atoms with Gasteiger partial charge in [-0.3, -0.25) is 10.1 Å². The van der Waals surface area contributed by atoms with Crippen molar-refractivity contribution >= 4 is 17.3 Å². The Morgan fingerprint density at radius 1 is 1.00 bits per heavy atom. The number of benzene rings is 3. The number of carbonyl (C=O) groups is 1. The van der Waals surface area contributed by atoms with E-state index < -0.39 is 10.9 Å². The normalized spacial score (nSPS) is 10.3. The topological polar surface area (TPSA) is 92.5 Å². The van der Waals surface area contributed by atoms with E-state index >= 15 is 0 Å². The summed E-state index contributed by atoms with van der Waals surface area (Å²) in [4.78, 5) is 22.3. The van der Waals surface area contributed by atoms with E-state index in [0.717, 1.165) is 5.56 Å². The van der Waals surface area contributed by atoms with Gasteiger partial charge >= 0.3 is 5.97 Å². The summed E-state index contributed by atoms with van der Waals surface area (Å²) in [6, 6.07) is 20.7. The second-order valence-corrected chi connectivity index (χ2v) is 5.68. The van der Waals surface area contributed by atoms with Crippen LogP contribution in [-0.2, 0) is 6.54 Å². The van der Waals surface area contributed by atoms with Crippen LogP contribution in [-0.4, -0.2) is 16.0 Å². The number of anilines is 1. The molecule has 3 rings (SSSR count). The molecule has 0 aliphatic rings. The molecule has 0 amide bonds. The van der Waals surface area contributed by atoms with Crippen molar-refractivity contribution in [2.75, 3.05) is 5.32 Å². The average molecular weight is 348 g/mol. The molecule has 0 aliphatic heterocycles. The summed E-state index contributed by atoms with van der Waals surface area (Å²) < 4.78 is 0. The van der Waals surface area contributed by atoms with Crippen molar-refractivity contribution in [3.63, 3.8) is 0 Å². The van der Waals surface area contributed by atoms with E-state index in [1.807, 2.05) is 30.3 Å². The van der Waals surface area contributed by atoms with E-state index in [9.17, 15) is 20.0 Å². The number of nitrogens with one attached hydrogen (secondary N) is 1. The molecule has 0 heterocycles. The largest absolute Gasteiger partial charge is 0.478 e. The predicted molar refractivity (Wildman–Crippen MR) is 99.3 cm³/mol. The van der Waals surface area contributed by atoms with Gasteiger partial charge in [0.2, 0.25) is 0 Å². The van der Waals surface area contributed by atoms with Gasteiger partial charge in [0.15, 0.2) is 0 Å². The van der Waals surface area contributed by atoms with E-state index in [-0.39, 0.29) is 11.3 Å². The van der Waals surface area contributed by atoms with Gasteiger partial charge in [0.05, 0.1) is 10.5 Å². The molecule has 6 nitrogen and oxygen atoms in total. The van der Waals surface area contributed by atoms with Crippen molar-refractivity contribution in [1.29, 1.82) is 0 Å². The number of nitro groups is 1. The molecular formula is C20H16N2O4. The second-order valence-electron chi connectivity index (χ2n) is 5.68. The van der Waals surface area contributed by atoms with Crippen LogP contribution in [0.15, 0.2) is 72.8 Å². The number of aromatic carboxylic acids is 1. The average Bonchev–Trinajstić information content (AvgIpc) is 2.66. The molecule has 0 fully saturated rings. The molecule has 3 aromatic carbocycles. The highest BCUT2D eigenvalue weighted by Crippen LogP contribution is 2.32. The molecule has 3 aromatic rings. The lowest BCUT2D eigenvalue weighted by atomic mass is 9.99. The van der Waals surface area contributed by atoms with Crippen molar-refractivity contribution < 1.29 is 14.8 Å². The summed E-state index contributed by atoms with van der Waals surface area (Å²) in [6.45, 7) is 0.422. The van der Waals surface area contributed by atoms with Crippen molar-refractivity contribution in [3.05, 3.63) is 94.0 Å². The molecule has 0 aromatic heterocycles. The van der Waals surface area contributed by atoms with Crippen LogP contribution in [0.1, 0.15) is 15.9 Å². The standard InChI is InChI=1S/C20H16N2O4/c23-20(24)17-9-5-4-8-16(17)15-10-11-19(22(25)26)18(12-15)21-13-14-6-2-1-3-7-14/h1-12,21H,13H2,(H,23,24). The summed E-state index contributed by atoms with van der Waals surface area (Å²) >= 11 is 0. The molecule has 0 saturated carbocycles. The predicted octanol–water partition coefficient (Wildman–Crippen LogP) is 4.57. The smallest absolute Gasteiger partial charge is 0.336 e. The van der Waals surface area contributed by atoms with E-state index in [1.54, 1.807) is 30.3 Å². The number of rotatable bonds is 6. The van der Waals surface area contributed by atoms with E-state index in [1.165, 1.54) is 12.1 Å². The number of carboxylic acids is 1. The van der Waals surface area contributed by atoms with Gasteiger partial charge in [0, 0.05) is 12.6 Å². The van der Waals surface area contributed by atoms with Crippen LogP contribution in [0.2, 0.25) is 0 Å². The summed E-state index contributed by atoms with van der Waals surface area (Å²) in [6.07, 6.45) is 0. The van der Waals surface area contributed by atoms with Crippen LogP contribution in [0.4, 0.5) is 11.4 Å². The maximum Gasteiger partial charge on any atom is 0.336 e. The number of carboxylic acid groups (broad SMARTS) is 1. The molecule has 0 saturated heterocycles. The van der Waals surface area contributed by atoms with Crippen LogP contribution in [0.25, 0.3) is 11.1 Å². The lowest BCUT2D eigenvalue weighted by Gasteiger charge is -2.11. The van der Waals surface area contributed by atoms with Gasteiger partial charge in [-0.25, -0.2) is 4.79 Å². The Bertz CT molecular complexity index is 955. The molecule has 0 unspecified atom stereocenters. The van der Waals surface area contributed by atoms with Gasteiger partial charge in [-0.2, -0.15) is 0 Å². The van der Waals surface area contributed by atoms with Gasteiger partial charge < -0.3 is 10.4 Å². The highest BCUT2D eigenvalue weighted by Gasteiger charge is 2.17. The zero-order chi connectivity index (χ0) is 18.5. The summed E-state index contributed by atoms with van der Waals surface area (Å²) in [5.74, 6) is -1.04. The highest BCUT2D eigenvalue weighted by molar-refractivity contribution is 5.96. The number of nitro benzene ring substituents is 1. The van der Waals surface area contributed by atoms with Gasteiger partial charge in [-0.05, 0) is 34.9 Å². The molecule has 0 spiro atoms. The Hall–Kier alpha value is -3.67. The molecule has 2 N–H and O–H groups in total. The summed E-state index contributed by atoms with van der Waals surface area (Å²) in [5, 5.41) is 23.8. The monoisotopic (exact) mass is 348 g/mol. The first-order chi connectivity index (χ1) is 12.6. The van der Waals surface area contributed by atoms with Crippen LogP contribution in [0.3, 0.4) is 0 Å². The lowest BCUT2D eigenvalue weighted by Crippen LogP contribution is -2.04. The van der Waals surface area contributed by atoms with E-state index in [2.05, 4.69) is 5.32 Å². The molecule has 6 heteroatoms. The quantitative estimate of drug-likeness (QED) is 0.503. The van der Waals surface area contributed by atoms with E-state index in [0.29, 0.717) is 23.4 Å². The number of nitrogens with zero attached hydrogens (tertiary/aromatic N) is 1. The van der Waals surface area contributed by atoms with E-state index in [4.69, 9.17) is 0 Å². The molecule has 0 atom stereocenters. The lowest BCUT2D eigenvalue weighted by molar-refractivity contribution is -0.384. The fraction of sp³-hybridized carbons (Fsp3) is 0.0500. The molecular weight excluding hydrogens is 332 g/mol. The van der Waals surface area contributed by atoms with Crippen LogP contribution in [0.5, 0.6) is 0 Å². The zero-order valence-electron chi connectivity index (χ0n) is 13.8. The van der Waals surface area contributed by atoms with Crippen molar-refractivity contribution in [2.24, 2.45) is 0 Å². The second kappa shape index (κ2) is 7.48. The van der Waals surface area contributed by atoms with Crippen molar-refractivity contribution in [3.8, 4) is 11.1 Å². The Labute approximate surface area is 149 Å². The van der Waals surface area contributed by atoms with Crippen LogP contribution in [0, 0.1) is 10.1 Å². The Morgan fingerprint density at radius 3 is 2.38 bits per heavy atom. The first-order valence-corrected chi connectivity index (χ1v) is 7.95. The maximum absolute atomic E-state index is 11.4. The Balaban J connectivity index is 1.99. The molecule has 130 valence electrons. The fourth-order valence-corrected chi connectivity index (χ4v) is 2.72. The first-order valence-electron chi connectivity index (χ1n) is 7.95. The van der Waals surface area contributed by atoms with Crippen LogP contribution >= 0.6 is 0 Å². The molecule has 0 bridgehead atoms. The van der Waals surface area contributed by atoms with Crippen molar-refractivity contribution in [1.82, 2.24) is 0 Å². The molecule has 0 aliphatic carbocycles. The Morgan fingerprint density at radius 2 is 1.69 bits per heavy atom. The minimum absolute atomic E-state index is 0.0579. The number of hydrogen-bond donors (Lipinski definition) is 2. The third-order valence-electron chi connectivity index (χ3n) is 3.99. The maximum atomic E-state index is 11.4. The SMILES string of the molecule is O=C(O)c1ccccc1-c1ccc([N+](=O)[O-])c(NCc2ccccc2)c1. The third-order valence-corrected chi connectivity index (χ3v) is 3.99. The minimum Gasteiger partial charge on any atom is -0.478 e. The number of hydrogen-bond acceptors (Lipinski definition) is 4. The van der Waals surface area contributed by atoms with Crippen LogP contribution < -0.4 is 5.32 Å². The summed E-state index contributed by atoms with van der Waals surface area (Å²) in [7, 11) is 0. The highest BCUT2D eigenvalue weighted by atomic mass is 16.6. The summed E-state index contributed by atoms with van der Waals surface area (Å²) in [5.41, 5.74) is 2.53. The zero-order valence-corrected chi connectivity index (χ0v) is 13.8. The third kappa shape index (κ3) is 3.70. The van der Waals surface area contributed by atoms with Crippen molar-refractivity contribution in [2.45, 2.75) is 6.54 Å². The van der Waals surface area contributed by atoms with Gasteiger partial charge in [0.1, 0.15) is 5.69 Å².